The second-order valence-corrected chi connectivity index (χ2v) is 3.42. The van der Waals surface area contributed by atoms with Gasteiger partial charge in [-0.05, 0) is 18.2 Å². The third kappa shape index (κ3) is 1.71. The summed E-state index contributed by atoms with van der Waals surface area (Å²) in [4.78, 5) is 2.22. The average Bonchev–Trinajstić information content (AvgIpc) is 2.59. The minimum Gasteiger partial charge on any atom is -0.460 e. The molecule has 2 heteroatoms. The fourth-order valence-corrected chi connectivity index (χ4v) is 1.65. The first kappa shape index (κ1) is 7.50. The van der Waals surface area contributed by atoms with E-state index in [1.807, 2.05) is 24.3 Å². The Bertz CT molecular complexity index is 326. The van der Waals surface area contributed by atoms with Crippen molar-refractivity contribution in [3.05, 3.63) is 48.9 Å². The summed E-state index contributed by atoms with van der Waals surface area (Å²) in [5.41, 5.74) is 0. The molecule has 0 aliphatic carbocycles. The molecule has 0 atom stereocenters. The lowest BCUT2D eigenvalue weighted by Crippen LogP contribution is -1.67. The van der Waals surface area contributed by atoms with Gasteiger partial charge in [0.25, 0.3) is 0 Å². The molecule has 0 bridgehead atoms. The highest BCUT2D eigenvalue weighted by atomic mass is 32.2. The van der Waals surface area contributed by atoms with Crippen molar-refractivity contribution in [2.75, 3.05) is 0 Å². The third-order valence-corrected chi connectivity index (χ3v) is 2.37. The van der Waals surface area contributed by atoms with E-state index in [0.29, 0.717) is 0 Å². The van der Waals surface area contributed by atoms with Gasteiger partial charge in [-0.3, -0.25) is 0 Å². The highest BCUT2D eigenvalue weighted by molar-refractivity contribution is 7.99. The van der Waals surface area contributed by atoms with Gasteiger partial charge in [-0.2, -0.15) is 0 Å². The van der Waals surface area contributed by atoms with Gasteiger partial charge in [0.05, 0.1) is 11.2 Å². The maximum atomic E-state index is 4.84. The Hall–Kier alpha value is -1.15. The summed E-state index contributed by atoms with van der Waals surface area (Å²) in [6, 6.07) is 12.1. The van der Waals surface area contributed by atoms with Gasteiger partial charge in [-0.25, -0.2) is 0 Å². The number of hydrogen-bond acceptors (Lipinski definition) is 2. The van der Waals surface area contributed by atoms with Crippen LogP contribution in [0.5, 0.6) is 0 Å². The Morgan fingerprint density at radius 1 is 1.08 bits per heavy atom. The molecule has 1 nitrogen and oxygen atoms in total. The quantitative estimate of drug-likeness (QED) is 0.695. The van der Waals surface area contributed by atoms with Crippen LogP contribution in [0.4, 0.5) is 0 Å². The molecule has 2 aromatic rings. The van der Waals surface area contributed by atoms with Crippen LogP contribution < -0.4 is 0 Å². The summed E-state index contributed by atoms with van der Waals surface area (Å²) in [6.07, 6.45) is 4.40. The van der Waals surface area contributed by atoms with Gasteiger partial charge in [0, 0.05) is 4.90 Å². The highest BCUT2D eigenvalue weighted by Crippen LogP contribution is 2.26. The van der Waals surface area contributed by atoms with Crippen LogP contribution in [0.2, 0.25) is 0 Å². The zero-order valence-corrected chi connectivity index (χ0v) is 7.17. The first-order valence-electron chi connectivity index (χ1n) is 3.63. The van der Waals surface area contributed by atoms with Gasteiger partial charge in [0.1, 0.15) is 0 Å². The van der Waals surface area contributed by atoms with E-state index in [2.05, 4.69) is 18.4 Å². The van der Waals surface area contributed by atoms with Crippen LogP contribution in [-0.2, 0) is 0 Å². The lowest BCUT2D eigenvalue weighted by atomic mass is 10.4. The molecular weight excluding hydrogens is 168 g/mol. The van der Waals surface area contributed by atoms with E-state index in [4.69, 9.17) is 4.42 Å². The second kappa shape index (κ2) is 3.50. The van der Waals surface area contributed by atoms with Gasteiger partial charge < -0.3 is 4.42 Å². The van der Waals surface area contributed by atoms with E-state index in [9.17, 15) is 0 Å². The molecule has 0 amide bonds. The molecule has 1 radical (unpaired) electrons. The van der Waals surface area contributed by atoms with Crippen LogP contribution in [-0.4, -0.2) is 0 Å². The Morgan fingerprint density at radius 3 is 2.58 bits per heavy atom. The predicted octanol–water partition coefficient (Wildman–Crippen LogP) is 3.23. The molecule has 1 aromatic carbocycles. The number of furan rings is 1. The minimum atomic E-state index is 1.02. The lowest BCUT2D eigenvalue weighted by molar-refractivity contribution is 0.552. The van der Waals surface area contributed by atoms with Crippen molar-refractivity contribution in [3.8, 4) is 0 Å². The van der Waals surface area contributed by atoms with Gasteiger partial charge in [0.2, 0.25) is 0 Å². The molecule has 1 heterocycles. The van der Waals surface area contributed by atoms with Crippen molar-refractivity contribution in [1.29, 1.82) is 0 Å². The predicted molar refractivity (Wildman–Crippen MR) is 48.1 cm³/mol. The Balaban J connectivity index is 2.15. The molecule has 1 aromatic heterocycles. The Kier molecular flexibility index (Phi) is 2.19. The highest BCUT2D eigenvalue weighted by Gasteiger charge is 1.96. The third-order valence-electron chi connectivity index (χ3n) is 1.42. The van der Waals surface area contributed by atoms with E-state index in [0.717, 1.165) is 4.90 Å². The van der Waals surface area contributed by atoms with Crippen molar-refractivity contribution >= 4 is 11.8 Å². The Labute approximate surface area is 75.4 Å². The largest absolute Gasteiger partial charge is 0.460 e. The molecule has 2 rings (SSSR count). The molecule has 0 saturated carbocycles. The van der Waals surface area contributed by atoms with Gasteiger partial charge in [-0.1, -0.05) is 30.0 Å². The molecule has 0 aliphatic heterocycles. The molecule has 0 saturated heterocycles. The summed E-state index contributed by atoms with van der Waals surface area (Å²) in [7, 11) is 0. The maximum Gasteiger partial charge on any atom is 0.184 e. The van der Waals surface area contributed by atoms with E-state index in [1.54, 1.807) is 18.0 Å². The van der Waals surface area contributed by atoms with Gasteiger partial charge in [-0.15, -0.1) is 0 Å². The second-order valence-electron chi connectivity index (χ2n) is 2.30. The average molecular weight is 175 g/mol. The standard InChI is InChI=1S/C10H7OS/c1-2-4-9(5-3-1)12-10-6-7-11-8-10/h1-7H. The molecule has 0 unspecified atom stereocenters. The van der Waals surface area contributed by atoms with Crippen molar-refractivity contribution < 1.29 is 4.42 Å². The van der Waals surface area contributed by atoms with Crippen molar-refractivity contribution in [3.63, 3.8) is 0 Å². The summed E-state index contributed by atoms with van der Waals surface area (Å²) < 4.78 is 4.84. The fourth-order valence-electron chi connectivity index (χ4n) is 0.892. The van der Waals surface area contributed by atoms with Crippen LogP contribution in [0.1, 0.15) is 0 Å². The van der Waals surface area contributed by atoms with Gasteiger partial charge >= 0.3 is 0 Å². The monoisotopic (exact) mass is 175 g/mol. The molecule has 0 N–H and O–H groups in total. The maximum absolute atomic E-state index is 4.84. The summed E-state index contributed by atoms with van der Waals surface area (Å²) in [5.74, 6) is 0. The van der Waals surface area contributed by atoms with Crippen molar-refractivity contribution in [1.82, 2.24) is 0 Å². The van der Waals surface area contributed by atoms with Crippen molar-refractivity contribution in [2.45, 2.75) is 9.79 Å². The van der Waals surface area contributed by atoms with E-state index >= 15 is 0 Å². The zero-order chi connectivity index (χ0) is 8.23. The summed E-state index contributed by atoms with van der Waals surface area (Å²) in [6.45, 7) is 0. The topological polar surface area (TPSA) is 13.1 Å². The normalized spacial score (nSPS) is 10.0. The van der Waals surface area contributed by atoms with E-state index < -0.39 is 0 Å². The minimum absolute atomic E-state index is 1.02. The molecule has 0 aliphatic rings. The first-order chi connectivity index (χ1) is 5.95. The number of hydrogen-bond donors (Lipinski definition) is 0. The first-order valence-corrected chi connectivity index (χ1v) is 4.45. The SMILES string of the molecule is [c]1occc1Sc1ccccc1. The molecular formula is C10H7OS. The van der Waals surface area contributed by atoms with E-state index in [-0.39, 0.29) is 0 Å². The van der Waals surface area contributed by atoms with Crippen LogP contribution >= 0.6 is 11.8 Å². The number of rotatable bonds is 2. The molecule has 59 valence electrons. The van der Waals surface area contributed by atoms with E-state index in [1.165, 1.54) is 4.90 Å². The lowest BCUT2D eigenvalue weighted by Gasteiger charge is -1.94. The van der Waals surface area contributed by atoms with Crippen LogP contribution in [0.25, 0.3) is 0 Å². The smallest absolute Gasteiger partial charge is 0.184 e. The Morgan fingerprint density at radius 2 is 1.92 bits per heavy atom. The van der Waals surface area contributed by atoms with Gasteiger partial charge in [0.15, 0.2) is 6.26 Å². The molecule has 0 fully saturated rings. The molecule has 12 heavy (non-hydrogen) atoms. The summed E-state index contributed by atoms with van der Waals surface area (Å²) in [5, 5.41) is 0. The van der Waals surface area contributed by atoms with Crippen molar-refractivity contribution in [2.24, 2.45) is 0 Å². The zero-order valence-electron chi connectivity index (χ0n) is 6.36. The van der Waals surface area contributed by atoms with Crippen LogP contribution in [0, 0.1) is 6.26 Å². The molecule has 0 spiro atoms. The van der Waals surface area contributed by atoms with Crippen LogP contribution in [0.3, 0.4) is 0 Å². The van der Waals surface area contributed by atoms with Crippen LogP contribution in [0.15, 0.2) is 56.9 Å². The fraction of sp³-hybridized carbons (Fsp3) is 0. The number of benzene rings is 1. The summed E-state index contributed by atoms with van der Waals surface area (Å²) >= 11 is 1.64.